The Kier molecular flexibility index (Phi) is 8.11. The molecule has 3 atom stereocenters. The van der Waals surface area contributed by atoms with Gasteiger partial charge in [0.2, 0.25) is 5.91 Å². The lowest BCUT2D eigenvalue weighted by molar-refractivity contribution is -0.146. The lowest BCUT2D eigenvalue weighted by atomic mass is 9.85. The maximum atomic E-state index is 12.3. The molecule has 1 amide bonds. The van der Waals surface area contributed by atoms with E-state index >= 15 is 0 Å². The first kappa shape index (κ1) is 18.6. The monoisotopic (exact) mass is 285 g/mol. The molecule has 0 bridgehead atoms. The number of hydrogen-bond donors (Lipinski definition) is 2. The molecule has 116 valence electrons. The molecule has 0 radical (unpaired) electrons. The van der Waals surface area contributed by atoms with Crippen LogP contribution >= 0.6 is 0 Å². The van der Waals surface area contributed by atoms with Crippen molar-refractivity contribution >= 4 is 17.7 Å². The first-order valence-corrected chi connectivity index (χ1v) is 7.21. The van der Waals surface area contributed by atoms with Gasteiger partial charge in [0.25, 0.3) is 0 Å². The van der Waals surface area contributed by atoms with Crippen LogP contribution in [0.2, 0.25) is 0 Å². The number of Topliss-reactive ketones (excluding diaryl/α,β-unsaturated/α-hetero) is 1. The van der Waals surface area contributed by atoms with Crippen LogP contribution in [0.15, 0.2) is 0 Å². The molecule has 0 fully saturated rings. The average Bonchev–Trinajstić information content (AvgIpc) is 2.32. The van der Waals surface area contributed by atoms with Gasteiger partial charge in [-0.05, 0) is 18.3 Å². The second-order valence-corrected chi connectivity index (χ2v) is 5.88. The number of carboxylic acids is 1. The zero-order chi connectivity index (χ0) is 15.9. The summed E-state index contributed by atoms with van der Waals surface area (Å²) in [4.78, 5) is 34.7. The van der Waals surface area contributed by atoms with E-state index in [0.717, 1.165) is 0 Å². The highest BCUT2D eigenvalue weighted by Gasteiger charge is 2.30. The Balaban J connectivity index is 4.86. The smallest absolute Gasteiger partial charge is 0.307 e. The van der Waals surface area contributed by atoms with Crippen LogP contribution in [0.1, 0.15) is 53.9 Å². The van der Waals surface area contributed by atoms with Crippen LogP contribution in [-0.2, 0) is 14.4 Å². The molecular weight excluding hydrogens is 258 g/mol. The van der Waals surface area contributed by atoms with Gasteiger partial charge in [0.1, 0.15) is 0 Å². The number of ketones is 1. The van der Waals surface area contributed by atoms with Gasteiger partial charge in [0.15, 0.2) is 5.78 Å². The van der Waals surface area contributed by atoms with Gasteiger partial charge < -0.3 is 10.4 Å². The molecule has 0 spiro atoms. The Morgan fingerprint density at radius 1 is 1.15 bits per heavy atom. The van der Waals surface area contributed by atoms with Gasteiger partial charge in [-0.15, -0.1) is 0 Å². The molecule has 5 nitrogen and oxygen atoms in total. The quantitative estimate of drug-likeness (QED) is 0.680. The summed E-state index contributed by atoms with van der Waals surface area (Å²) in [6.45, 7) is 9.03. The van der Waals surface area contributed by atoms with Crippen molar-refractivity contribution in [3.8, 4) is 0 Å². The van der Waals surface area contributed by atoms with Gasteiger partial charge in [0.05, 0.1) is 12.0 Å². The molecule has 0 unspecified atom stereocenters. The molecule has 20 heavy (non-hydrogen) atoms. The number of aliphatic carboxylic acids is 1. The maximum Gasteiger partial charge on any atom is 0.307 e. The Bertz CT molecular complexity index is 352. The van der Waals surface area contributed by atoms with Crippen molar-refractivity contribution in [2.75, 3.05) is 0 Å². The fourth-order valence-corrected chi connectivity index (χ4v) is 2.16. The standard InChI is InChI=1S/C15H27NO4/c1-6-10(4)12(15(19)20)8-14(18)13(7-9(2)3)16-11(5)17/h9-10,12-13H,6-8H2,1-5H3,(H,16,17)(H,19,20)/t10-,12-,13-/m0/s1. The highest BCUT2D eigenvalue weighted by Crippen LogP contribution is 2.21. The lowest BCUT2D eigenvalue weighted by Crippen LogP contribution is -2.42. The van der Waals surface area contributed by atoms with Gasteiger partial charge >= 0.3 is 5.97 Å². The van der Waals surface area contributed by atoms with Gasteiger partial charge in [-0.2, -0.15) is 0 Å². The number of hydrogen-bond acceptors (Lipinski definition) is 3. The predicted molar refractivity (Wildman–Crippen MR) is 77.3 cm³/mol. The molecule has 0 saturated heterocycles. The van der Waals surface area contributed by atoms with E-state index in [1.165, 1.54) is 6.92 Å². The van der Waals surface area contributed by atoms with Crippen LogP contribution < -0.4 is 5.32 Å². The van der Waals surface area contributed by atoms with Crippen LogP contribution in [0.3, 0.4) is 0 Å². The third kappa shape index (κ3) is 6.68. The van der Waals surface area contributed by atoms with Crippen LogP contribution in [0.4, 0.5) is 0 Å². The van der Waals surface area contributed by atoms with Gasteiger partial charge in [-0.25, -0.2) is 0 Å². The maximum absolute atomic E-state index is 12.3. The molecule has 0 aliphatic heterocycles. The van der Waals surface area contributed by atoms with Crippen molar-refractivity contribution in [2.24, 2.45) is 17.8 Å². The molecule has 0 aliphatic rings. The van der Waals surface area contributed by atoms with Gasteiger partial charge in [-0.1, -0.05) is 34.1 Å². The summed E-state index contributed by atoms with van der Waals surface area (Å²) in [5, 5.41) is 11.9. The minimum absolute atomic E-state index is 0.0258. The third-order valence-electron chi connectivity index (χ3n) is 3.54. The van der Waals surface area contributed by atoms with Crippen LogP contribution in [0.25, 0.3) is 0 Å². The normalized spacial score (nSPS) is 15.5. The molecule has 0 aliphatic carbocycles. The predicted octanol–water partition coefficient (Wildman–Crippen LogP) is 2.24. The first-order valence-electron chi connectivity index (χ1n) is 7.21. The topological polar surface area (TPSA) is 83.5 Å². The van der Waals surface area contributed by atoms with Crippen molar-refractivity contribution < 1.29 is 19.5 Å². The second-order valence-electron chi connectivity index (χ2n) is 5.88. The summed E-state index contributed by atoms with van der Waals surface area (Å²) in [6.07, 6.45) is 1.21. The average molecular weight is 285 g/mol. The molecule has 0 aromatic heterocycles. The molecule has 5 heteroatoms. The van der Waals surface area contributed by atoms with Crippen molar-refractivity contribution in [2.45, 2.75) is 59.9 Å². The van der Waals surface area contributed by atoms with E-state index in [9.17, 15) is 19.5 Å². The number of carbonyl (C=O) groups is 3. The van der Waals surface area contributed by atoms with Gasteiger partial charge in [0, 0.05) is 13.3 Å². The van der Waals surface area contributed by atoms with E-state index in [1.54, 1.807) is 0 Å². The van der Waals surface area contributed by atoms with E-state index in [4.69, 9.17) is 0 Å². The van der Waals surface area contributed by atoms with Crippen LogP contribution in [-0.4, -0.2) is 28.8 Å². The second kappa shape index (κ2) is 8.72. The molecule has 0 heterocycles. The molecule has 0 saturated carbocycles. The summed E-state index contributed by atoms with van der Waals surface area (Å²) in [6, 6.07) is -0.585. The largest absolute Gasteiger partial charge is 0.481 e. The summed E-state index contributed by atoms with van der Waals surface area (Å²) in [5.41, 5.74) is 0. The SMILES string of the molecule is CC[C@H](C)[C@H](CC(=O)[C@H](CC(C)C)NC(C)=O)C(=O)O. The van der Waals surface area contributed by atoms with Crippen LogP contribution in [0.5, 0.6) is 0 Å². The summed E-state index contributed by atoms with van der Waals surface area (Å²) < 4.78 is 0. The minimum Gasteiger partial charge on any atom is -0.481 e. The Morgan fingerprint density at radius 2 is 1.70 bits per heavy atom. The van der Waals surface area contributed by atoms with Gasteiger partial charge in [-0.3, -0.25) is 14.4 Å². The fraction of sp³-hybridized carbons (Fsp3) is 0.800. The van der Waals surface area contributed by atoms with Crippen molar-refractivity contribution in [1.29, 1.82) is 0 Å². The summed E-state index contributed by atoms with van der Waals surface area (Å²) in [7, 11) is 0. The zero-order valence-electron chi connectivity index (χ0n) is 13.1. The highest BCUT2D eigenvalue weighted by molar-refractivity contribution is 5.90. The molecule has 0 aromatic rings. The van der Waals surface area contributed by atoms with Crippen molar-refractivity contribution in [3.05, 3.63) is 0 Å². The molecular formula is C15H27NO4. The van der Waals surface area contributed by atoms with Crippen LogP contribution in [0, 0.1) is 17.8 Å². The number of nitrogens with one attached hydrogen (secondary N) is 1. The third-order valence-corrected chi connectivity index (χ3v) is 3.54. The van der Waals surface area contributed by atoms with Crippen molar-refractivity contribution in [3.63, 3.8) is 0 Å². The highest BCUT2D eigenvalue weighted by atomic mass is 16.4. The number of carboxylic acid groups (broad SMARTS) is 1. The number of rotatable bonds is 9. The van der Waals surface area contributed by atoms with E-state index < -0.39 is 17.9 Å². The Hall–Kier alpha value is -1.39. The van der Waals surface area contributed by atoms with Crippen molar-refractivity contribution in [1.82, 2.24) is 5.32 Å². The first-order chi connectivity index (χ1) is 9.18. The minimum atomic E-state index is -0.946. The Labute approximate surface area is 121 Å². The molecule has 0 aromatic carbocycles. The Morgan fingerprint density at radius 3 is 2.05 bits per heavy atom. The lowest BCUT2D eigenvalue weighted by Gasteiger charge is -2.23. The number of amides is 1. The van der Waals surface area contributed by atoms with E-state index in [-0.39, 0.29) is 29.9 Å². The number of carbonyl (C=O) groups excluding carboxylic acids is 2. The molecule has 2 N–H and O–H groups in total. The summed E-state index contributed by atoms with van der Waals surface area (Å²) >= 11 is 0. The zero-order valence-corrected chi connectivity index (χ0v) is 13.1. The van der Waals surface area contributed by atoms with E-state index in [1.807, 2.05) is 27.7 Å². The molecule has 0 rings (SSSR count). The fourth-order valence-electron chi connectivity index (χ4n) is 2.16. The van der Waals surface area contributed by atoms with E-state index in [0.29, 0.717) is 12.8 Å². The van der Waals surface area contributed by atoms with E-state index in [2.05, 4.69) is 5.32 Å². The summed E-state index contributed by atoms with van der Waals surface area (Å²) in [5.74, 6) is -1.90.